The van der Waals surface area contributed by atoms with Crippen molar-refractivity contribution in [3.63, 3.8) is 0 Å². The smallest absolute Gasteiger partial charge is 0.335 e. The van der Waals surface area contributed by atoms with Crippen molar-refractivity contribution in [3.8, 4) is 11.3 Å². The fourth-order valence-corrected chi connectivity index (χ4v) is 1.48. The maximum Gasteiger partial charge on any atom is 0.335 e. The number of aromatic nitrogens is 1. The fraction of sp³-hybridized carbons (Fsp3) is 0.167. The van der Waals surface area contributed by atoms with Gasteiger partial charge in [0.05, 0.1) is 11.3 Å². The van der Waals surface area contributed by atoms with Crippen molar-refractivity contribution in [2.24, 2.45) is 0 Å². The van der Waals surface area contributed by atoms with Crippen molar-refractivity contribution in [3.05, 3.63) is 41.1 Å². The van der Waals surface area contributed by atoms with Crippen molar-refractivity contribution in [1.29, 1.82) is 0 Å². The van der Waals surface area contributed by atoms with Gasteiger partial charge in [-0.3, -0.25) is 0 Å². The molecule has 1 N–H and O–H groups in total. The predicted octanol–water partition coefficient (Wildman–Crippen LogP) is 2.66. The SMILES string of the molecule is Cc1noc(-c2cccc(C(=O)O)c2)c1C. The zero-order chi connectivity index (χ0) is 11.7. The minimum absolute atomic E-state index is 0.242. The van der Waals surface area contributed by atoms with Crippen LogP contribution in [0.1, 0.15) is 21.6 Å². The van der Waals surface area contributed by atoms with Crippen LogP contribution in [0.3, 0.4) is 0 Å². The number of carboxylic acids is 1. The summed E-state index contributed by atoms with van der Waals surface area (Å²) in [6.45, 7) is 3.75. The molecule has 0 aliphatic carbocycles. The first-order chi connectivity index (χ1) is 7.59. The number of nitrogens with zero attached hydrogens (tertiary/aromatic N) is 1. The quantitative estimate of drug-likeness (QED) is 0.839. The first-order valence-electron chi connectivity index (χ1n) is 4.86. The first-order valence-corrected chi connectivity index (χ1v) is 4.86. The molecule has 0 fully saturated rings. The Labute approximate surface area is 92.5 Å². The highest BCUT2D eigenvalue weighted by Gasteiger charge is 2.12. The molecule has 0 unspecified atom stereocenters. The molecule has 0 bridgehead atoms. The Morgan fingerprint density at radius 1 is 1.38 bits per heavy atom. The van der Waals surface area contributed by atoms with Gasteiger partial charge in [-0.2, -0.15) is 0 Å². The van der Waals surface area contributed by atoms with E-state index in [1.165, 1.54) is 0 Å². The van der Waals surface area contributed by atoms with E-state index in [-0.39, 0.29) is 5.56 Å². The molecule has 1 heterocycles. The average Bonchev–Trinajstić information content (AvgIpc) is 2.60. The lowest BCUT2D eigenvalue weighted by atomic mass is 10.1. The van der Waals surface area contributed by atoms with Gasteiger partial charge in [-0.1, -0.05) is 17.3 Å². The minimum atomic E-state index is -0.948. The van der Waals surface area contributed by atoms with Gasteiger partial charge in [-0.05, 0) is 26.0 Å². The third kappa shape index (κ3) is 1.69. The largest absolute Gasteiger partial charge is 0.478 e. The van der Waals surface area contributed by atoms with E-state index in [0.29, 0.717) is 5.76 Å². The van der Waals surface area contributed by atoms with Crippen LogP contribution in [0.4, 0.5) is 0 Å². The molecule has 2 rings (SSSR count). The number of aromatic carboxylic acids is 1. The third-order valence-corrected chi connectivity index (χ3v) is 2.53. The van der Waals surface area contributed by atoms with Gasteiger partial charge < -0.3 is 9.63 Å². The van der Waals surface area contributed by atoms with Gasteiger partial charge in [0.2, 0.25) is 0 Å². The number of aryl methyl sites for hydroxylation is 1. The predicted molar refractivity (Wildman–Crippen MR) is 58.4 cm³/mol. The molecule has 0 radical (unpaired) electrons. The summed E-state index contributed by atoms with van der Waals surface area (Å²) in [5.41, 5.74) is 2.72. The van der Waals surface area contributed by atoms with E-state index in [1.807, 2.05) is 13.8 Å². The molecule has 0 aliphatic rings. The summed E-state index contributed by atoms with van der Waals surface area (Å²) in [5, 5.41) is 12.7. The lowest BCUT2D eigenvalue weighted by molar-refractivity contribution is 0.0697. The summed E-state index contributed by atoms with van der Waals surface area (Å²) in [6.07, 6.45) is 0. The van der Waals surface area contributed by atoms with E-state index >= 15 is 0 Å². The van der Waals surface area contributed by atoms with Gasteiger partial charge in [-0.15, -0.1) is 0 Å². The van der Waals surface area contributed by atoms with Crippen LogP contribution in [0.5, 0.6) is 0 Å². The van der Waals surface area contributed by atoms with E-state index in [1.54, 1.807) is 24.3 Å². The number of carbonyl (C=O) groups is 1. The second-order valence-corrected chi connectivity index (χ2v) is 3.61. The van der Waals surface area contributed by atoms with Crippen molar-refractivity contribution < 1.29 is 14.4 Å². The third-order valence-electron chi connectivity index (χ3n) is 2.53. The summed E-state index contributed by atoms with van der Waals surface area (Å²) >= 11 is 0. The van der Waals surface area contributed by atoms with E-state index in [9.17, 15) is 4.79 Å². The second kappa shape index (κ2) is 3.81. The molecular formula is C12H11NO3. The van der Waals surface area contributed by atoms with E-state index in [2.05, 4.69) is 5.16 Å². The van der Waals surface area contributed by atoms with Crippen LogP contribution in [-0.2, 0) is 0 Å². The van der Waals surface area contributed by atoms with Crippen LogP contribution < -0.4 is 0 Å². The highest BCUT2D eigenvalue weighted by atomic mass is 16.5. The van der Waals surface area contributed by atoms with Gasteiger partial charge >= 0.3 is 5.97 Å². The van der Waals surface area contributed by atoms with Crippen LogP contribution in [0.25, 0.3) is 11.3 Å². The monoisotopic (exact) mass is 217 g/mol. The highest BCUT2D eigenvalue weighted by molar-refractivity contribution is 5.89. The Kier molecular flexibility index (Phi) is 2.48. The van der Waals surface area contributed by atoms with E-state index in [4.69, 9.17) is 9.63 Å². The van der Waals surface area contributed by atoms with Crippen LogP contribution in [0.15, 0.2) is 28.8 Å². The summed E-state index contributed by atoms with van der Waals surface area (Å²) in [4.78, 5) is 10.8. The van der Waals surface area contributed by atoms with Gasteiger partial charge in [0, 0.05) is 11.1 Å². The standard InChI is InChI=1S/C12H11NO3/c1-7-8(2)13-16-11(7)9-4-3-5-10(6-9)12(14)15/h3-6H,1-2H3,(H,14,15). The number of benzene rings is 1. The molecular weight excluding hydrogens is 206 g/mol. The van der Waals surface area contributed by atoms with Gasteiger partial charge in [0.25, 0.3) is 0 Å². The van der Waals surface area contributed by atoms with Crippen LogP contribution in [0.2, 0.25) is 0 Å². The Morgan fingerprint density at radius 3 is 2.69 bits per heavy atom. The minimum Gasteiger partial charge on any atom is -0.478 e. The van der Waals surface area contributed by atoms with Gasteiger partial charge in [0.15, 0.2) is 5.76 Å². The fourth-order valence-electron chi connectivity index (χ4n) is 1.48. The molecule has 4 nitrogen and oxygen atoms in total. The molecule has 0 saturated heterocycles. The highest BCUT2D eigenvalue weighted by Crippen LogP contribution is 2.25. The van der Waals surface area contributed by atoms with E-state index in [0.717, 1.165) is 16.8 Å². The lowest BCUT2D eigenvalue weighted by Gasteiger charge is -1.99. The maximum atomic E-state index is 10.8. The molecule has 2 aromatic rings. The molecule has 1 aromatic heterocycles. The first kappa shape index (κ1) is 10.4. The van der Waals surface area contributed by atoms with Crippen molar-refractivity contribution >= 4 is 5.97 Å². The number of carboxylic acid groups (broad SMARTS) is 1. The van der Waals surface area contributed by atoms with Crippen molar-refractivity contribution in [1.82, 2.24) is 5.16 Å². The van der Waals surface area contributed by atoms with Crippen LogP contribution >= 0.6 is 0 Å². The Morgan fingerprint density at radius 2 is 2.12 bits per heavy atom. The molecule has 0 atom stereocenters. The molecule has 0 amide bonds. The molecule has 82 valence electrons. The van der Waals surface area contributed by atoms with Crippen molar-refractivity contribution in [2.45, 2.75) is 13.8 Å². The normalized spacial score (nSPS) is 10.4. The van der Waals surface area contributed by atoms with E-state index < -0.39 is 5.97 Å². The second-order valence-electron chi connectivity index (χ2n) is 3.61. The molecule has 0 spiro atoms. The lowest BCUT2D eigenvalue weighted by Crippen LogP contribution is -1.95. The summed E-state index contributed by atoms with van der Waals surface area (Å²) < 4.78 is 5.17. The van der Waals surface area contributed by atoms with Gasteiger partial charge in [-0.25, -0.2) is 4.79 Å². The Balaban J connectivity index is 2.52. The molecule has 1 aromatic carbocycles. The summed E-state index contributed by atoms with van der Waals surface area (Å²) in [5.74, 6) is -0.323. The average molecular weight is 217 g/mol. The van der Waals surface area contributed by atoms with Crippen molar-refractivity contribution in [2.75, 3.05) is 0 Å². The Bertz CT molecular complexity index is 543. The maximum absolute atomic E-state index is 10.8. The zero-order valence-electron chi connectivity index (χ0n) is 9.02. The number of hydrogen-bond acceptors (Lipinski definition) is 3. The zero-order valence-corrected chi connectivity index (χ0v) is 9.02. The molecule has 0 saturated carbocycles. The summed E-state index contributed by atoms with van der Waals surface area (Å²) in [6, 6.07) is 6.62. The Hall–Kier alpha value is -2.10. The number of rotatable bonds is 2. The molecule has 4 heteroatoms. The molecule has 16 heavy (non-hydrogen) atoms. The van der Waals surface area contributed by atoms with Crippen LogP contribution in [-0.4, -0.2) is 16.2 Å². The topological polar surface area (TPSA) is 63.3 Å². The van der Waals surface area contributed by atoms with Crippen LogP contribution in [0, 0.1) is 13.8 Å². The number of hydrogen-bond donors (Lipinski definition) is 1. The summed E-state index contributed by atoms with van der Waals surface area (Å²) in [7, 11) is 0. The molecule has 0 aliphatic heterocycles. The van der Waals surface area contributed by atoms with Gasteiger partial charge in [0.1, 0.15) is 0 Å².